The molecule has 0 saturated carbocycles. The maximum absolute atomic E-state index is 12.7. The molecule has 14 N–H and O–H groups in total. The lowest BCUT2D eigenvalue weighted by molar-refractivity contribution is -0.396. The van der Waals surface area contributed by atoms with E-state index in [9.17, 15) is 100 Å². The van der Waals surface area contributed by atoms with Crippen molar-refractivity contribution in [2.45, 2.75) is 226 Å². The number of rotatable bonds is 22. The van der Waals surface area contributed by atoms with Gasteiger partial charge in [0.1, 0.15) is 110 Å². The zero-order valence-electron chi connectivity index (χ0n) is 46.2. The summed E-state index contributed by atoms with van der Waals surface area (Å²) in [5.74, 6) is -6.40. The van der Waals surface area contributed by atoms with Crippen molar-refractivity contribution in [2.24, 2.45) is 0 Å². The number of hydrogen-bond donors (Lipinski definition) is 14. The minimum absolute atomic E-state index is 0.874. The fraction of sp³-hybridized carbons (Fsp3) is 0.875. The third-order valence-corrected chi connectivity index (χ3v) is 14.1. The minimum atomic E-state index is -2.28. The molecule has 6 saturated heterocycles. The van der Waals surface area contributed by atoms with Gasteiger partial charge in [0, 0.05) is 41.5 Å². The summed E-state index contributed by atoms with van der Waals surface area (Å²) in [7, 11) is 0. The highest BCUT2D eigenvalue weighted by atomic mass is 16.8. The average Bonchev–Trinajstić information content (AvgIpc) is 1.53. The third-order valence-electron chi connectivity index (χ3n) is 14.1. The predicted molar refractivity (Wildman–Crippen MR) is 256 cm³/mol. The van der Waals surface area contributed by atoms with Gasteiger partial charge in [-0.15, -0.1) is 0 Å². The molecular weight excluding hydrogens is 1170 g/mol. The van der Waals surface area contributed by atoms with E-state index >= 15 is 0 Å². The summed E-state index contributed by atoms with van der Waals surface area (Å²) >= 11 is 0. The first-order valence-electron chi connectivity index (χ1n) is 26.5. The van der Waals surface area contributed by atoms with E-state index in [-0.39, 0.29) is 0 Å². The zero-order valence-corrected chi connectivity index (χ0v) is 46.2. The second kappa shape index (κ2) is 30.8. The summed E-state index contributed by atoms with van der Waals surface area (Å²) in [6, 6.07) is 0. The Hall–Kier alpha value is -4.18. The summed E-state index contributed by atoms with van der Waals surface area (Å²) < 4.78 is 95.4. The smallest absolute Gasteiger partial charge is 0.303 e. The van der Waals surface area contributed by atoms with Crippen LogP contribution in [-0.2, 0) is 109 Å². The molecule has 37 heteroatoms. The largest absolute Gasteiger partial charge is 0.457 e. The first-order chi connectivity index (χ1) is 40.1. The monoisotopic (exact) mass is 1240 g/mol. The van der Waals surface area contributed by atoms with E-state index in [4.69, 9.17) is 80.5 Å². The SMILES string of the molecule is CC(=O)O[C@H]1C(O)C(CO)OC(OC2[C@H](CO)OC(OC3C(CO)OC(OC4[C@H](CO)OC(OC5C(CO)OC(OC6C(CO)OC(O)[C@@H](O)[C@H]6OC(C)=O)[C@@H](O)[C@H]5OC(C)=O)[C@@H](O)[C@H]4OC(C)=O)[C@@H](O)[C@H]3OC(C)=O)[C@@H](O)[C@H]2OC(C)=O)[C@H]1O. The normalized spacial score (nSPS) is 44.0. The van der Waals surface area contributed by atoms with Gasteiger partial charge in [-0.25, -0.2) is 0 Å². The van der Waals surface area contributed by atoms with E-state index in [1.54, 1.807) is 0 Å². The van der Waals surface area contributed by atoms with Gasteiger partial charge >= 0.3 is 35.8 Å². The molecule has 0 aromatic heterocycles. The van der Waals surface area contributed by atoms with Crippen molar-refractivity contribution < 1.29 is 181 Å². The van der Waals surface area contributed by atoms with Crippen LogP contribution in [0.2, 0.25) is 0 Å². The molecule has 6 aliphatic rings. The van der Waals surface area contributed by atoms with E-state index in [0.29, 0.717) is 0 Å². The number of carbonyl (C=O) groups is 6. The molecule has 0 radical (unpaired) electrons. The van der Waals surface area contributed by atoms with Crippen molar-refractivity contribution in [3.8, 4) is 0 Å². The second-order valence-corrected chi connectivity index (χ2v) is 20.3. The maximum atomic E-state index is 12.7. The van der Waals surface area contributed by atoms with E-state index in [1.807, 2.05) is 0 Å². The molecule has 0 aliphatic carbocycles. The number of ether oxygens (including phenoxy) is 17. The number of aliphatic hydroxyl groups is 14. The summed E-state index contributed by atoms with van der Waals surface area (Å²) in [5.41, 5.74) is 0. The van der Waals surface area contributed by atoms with Crippen molar-refractivity contribution in [1.29, 1.82) is 0 Å². The average molecular weight is 1240 g/mol. The van der Waals surface area contributed by atoms with E-state index in [1.165, 1.54) is 0 Å². The van der Waals surface area contributed by atoms with Crippen LogP contribution in [0.1, 0.15) is 41.5 Å². The first kappa shape index (κ1) is 69.9. The molecule has 0 aromatic carbocycles. The lowest BCUT2D eigenvalue weighted by Crippen LogP contribution is -2.69. The number of aliphatic hydroxyl groups excluding tert-OH is 14. The van der Waals surface area contributed by atoms with Crippen LogP contribution in [-0.4, -0.2) is 331 Å². The fourth-order valence-corrected chi connectivity index (χ4v) is 10.4. The minimum Gasteiger partial charge on any atom is -0.457 e. The Morgan fingerprint density at radius 1 is 0.259 bits per heavy atom. The highest BCUT2D eigenvalue weighted by Crippen LogP contribution is 2.39. The van der Waals surface area contributed by atoms with Crippen LogP contribution in [0.5, 0.6) is 0 Å². The van der Waals surface area contributed by atoms with Crippen LogP contribution in [0.15, 0.2) is 0 Å². The van der Waals surface area contributed by atoms with Gasteiger partial charge in [-0.05, 0) is 0 Å². The van der Waals surface area contributed by atoms with Gasteiger partial charge in [0.15, 0.2) is 74.4 Å². The topological polar surface area (TPSA) is 543 Å². The molecule has 85 heavy (non-hydrogen) atoms. The molecule has 0 amide bonds. The Morgan fingerprint density at radius 3 is 0.671 bits per heavy atom. The summed E-state index contributed by atoms with van der Waals surface area (Å²) in [5, 5.41) is 152. The third kappa shape index (κ3) is 16.4. The molecule has 30 atom stereocenters. The van der Waals surface area contributed by atoms with Crippen LogP contribution < -0.4 is 0 Å². The lowest BCUT2D eigenvalue weighted by atomic mass is 9.94. The molecule has 0 bridgehead atoms. The molecule has 6 heterocycles. The van der Waals surface area contributed by atoms with Crippen molar-refractivity contribution in [1.82, 2.24) is 0 Å². The van der Waals surface area contributed by atoms with Crippen molar-refractivity contribution in [3.05, 3.63) is 0 Å². The van der Waals surface area contributed by atoms with Crippen LogP contribution in [0.4, 0.5) is 0 Å². The Balaban J connectivity index is 1.23. The van der Waals surface area contributed by atoms with Crippen LogP contribution >= 0.6 is 0 Å². The van der Waals surface area contributed by atoms with Crippen molar-refractivity contribution in [3.63, 3.8) is 0 Å². The summed E-state index contributed by atoms with van der Waals surface area (Å²) in [4.78, 5) is 74.3. The molecule has 6 fully saturated rings. The molecular formula is C48H74O37. The van der Waals surface area contributed by atoms with Crippen molar-refractivity contribution >= 4 is 35.8 Å². The van der Waals surface area contributed by atoms with Gasteiger partial charge in [0.2, 0.25) is 0 Å². The van der Waals surface area contributed by atoms with E-state index < -0.39 is 260 Å². The second-order valence-electron chi connectivity index (χ2n) is 20.3. The maximum Gasteiger partial charge on any atom is 0.303 e. The van der Waals surface area contributed by atoms with Gasteiger partial charge in [-0.3, -0.25) is 28.8 Å². The van der Waals surface area contributed by atoms with Gasteiger partial charge in [-0.1, -0.05) is 0 Å². The molecule has 6 rings (SSSR count). The van der Waals surface area contributed by atoms with Crippen LogP contribution in [0.25, 0.3) is 0 Å². The quantitative estimate of drug-likeness (QED) is 0.0354. The predicted octanol–water partition coefficient (Wildman–Crippen LogP) is -10.7. The van der Waals surface area contributed by atoms with Gasteiger partial charge in [0.25, 0.3) is 0 Å². The zero-order chi connectivity index (χ0) is 63.0. The number of hydrogen-bond acceptors (Lipinski definition) is 37. The first-order valence-corrected chi connectivity index (χ1v) is 26.5. The van der Waals surface area contributed by atoms with E-state index in [0.717, 1.165) is 41.5 Å². The molecule has 16 unspecified atom stereocenters. The Bertz CT molecular complexity index is 2210. The molecule has 37 nitrogen and oxygen atoms in total. The molecule has 6 aliphatic heterocycles. The Morgan fingerprint density at radius 2 is 0.447 bits per heavy atom. The number of carbonyl (C=O) groups excluding carboxylic acids is 6. The molecule has 0 aromatic rings. The van der Waals surface area contributed by atoms with Gasteiger partial charge < -0.3 is 152 Å². The number of esters is 6. The van der Waals surface area contributed by atoms with Crippen molar-refractivity contribution in [2.75, 3.05) is 39.6 Å². The highest BCUT2D eigenvalue weighted by Gasteiger charge is 2.60. The highest BCUT2D eigenvalue weighted by molar-refractivity contribution is 5.68. The Labute approximate surface area is 481 Å². The fourth-order valence-electron chi connectivity index (χ4n) is 10.4. The van der Waals surface area contributed by atoms with E-state index in [2.05, 4.69) is 0 Å². The standard InChI is InChI=1S/C48H74O37/c1-13(55)69-37-25(61)19(7-49)76-44(27(37)63)82-33-21(9-51)78-46(29(65)39(33)71-15(3)57)84-35-23(11-53)80-48(31(67)41(35)73-17(5)59)85-36-24(12-54)79-47(30(66)42(36)74-18(6)60)83-34-22(10-52)77-45(28(64)40(34)72-16(4)58)81-32-20(8-50)75-43(68)26(62)38(32)70-14(2)56/h19-54,61-68H,7-12H2,1-6H3/t19?,20?,21-,22?,23?,24-,25?,26-,27-,28-,29-,30-,31-,32?,33?,34?,35?,36?,37-,38+,39+,40+,41+,42+,43?,44?,45?,46?,47?,48?/m0/s1. The van der Waals surface area contributed by atoms with Gasteiger partial charge in [0.05, 0.1) is 39.6 Å². The van der Waals surface area contributed by atoms with Gasteiger partial charge in [-0.2, -0.15) is 0 Å². The lowest BCUT2D eigenvalue weighted by Gasteiger charge is -2.50. The molecule has 0 spiro atoms. The Kier molecular flexibility index (Phi) is 25.4. The molecule has 488 valence electrons. The summed E-state index contributed by atoms with van der Waals surface area (Å²) in [6.45, 7) is -0.794. The van der Waals surface area contributed by atoms with Crippen LogP contribution in [0, 0.1) is 0 Å². The summed E-state index contributed by atoms with van der Waals surface area (Å²) in [6.07, 6.45) is -58.5. The van der Waals surface area contributed by atoms with Crippen LogP contribution in [0.3, 0.4) is 0 Å².